The first kappa shape index (κ1) is 14.4. The Bertz CT molecular complexity index is 248. The predicted molar refractivity (Wildman–Crippen MR) is 68.2 cm³/mol. The molecular weight excluding hydrogens is 218 g/mol. The second-order valence-electron chi connectivity index (χ2n) is 4.87. The zero-order valence-electron chi connectivity index (χ0n) is 11.1. The largest absolute Gasteiger partial charge is 0.480 e. The van der Waals surface area contributed by atoms with Crippen molar-refractivity contribution in [3.63, 3.8) is 0 Å². The molecule has 1 rings (SSSR count). The monoisotopic (exact) mass is 243 g/mol. The lowest BCUT2D eigenvalue weighted by atomic mass is 10.1. The summed E-state index contributed by atoms with van der Waals surface area (Å²) in [6.45, 7) is 8.87. The van der Waals surface area contributed by atoms with Crippen LogP contribution in [-0.2, 0) is 4.79 Å². The van der Waals surface area contributed by atoms with Gasteiger partial charge in [-0.15, -0.1) is 0 Å². The molecule has 0 saturated carbocycles. The molecular formula is C12H25N3O2. The first-order chi connectivity index (χ1) is 8.04. The third kappa shape index (κ3) is 4.61. The molecule has 0 bridgehead atoms. The Morgan fingerprint density at radius 3 is 2.76 bits per heavy atom. The quantitative estimate of drug-likeness (QED) is 0.692. The third-order valence-electron chi connectivity index (χ3n) is 3.53. The number of carboxylic acid groups (broad SMARTS) is 1. The van der Waals surface area contributed by atoms with Crippen molar-refractivity contribution in [1.29, 1.82) is 0 Å². The zero-order chi connectivity index (χ0) is 12.8. The number of carbonyl (C=O) groups is 1. The molecule has 1 saturated heterocycles. The van der Waals surface area contributed by atoms with E-state index < -0.39 is 12.0 Å². The van der Waals surface area contributed by atoms with E-state index in [-0.39, 0.29) is 0 Å². The van der Waals surface area contributed by atoms with Gasteiger partial charge >= 0.3 is 5.97 Å². The molecule has 1 fully saturated rings. The summed E-state index contributed by atoms with van der Waals surface area (Å²) in [5.41, 5.74) is 0. The van der Waals surface area contributed by atoms with Crippen LogP contribution in [0, 0.1) is 0 Å². The van der Waals surface area contributed by atoms with Crippen LogP contribution in [0.1, 0.15) is 20.3 Å². The number of carboxylic acids is 1. The number of aliphatic carboxylic acids is 1. The van der Waals surface area contributed by atoms with Crippen molar-refractivity contribution in [2.45, 2.75) is 32.4 Å². The Kier molecular flexibility index (Phi) is 5.88. The summed E-state index contributed by atoms with van der Waals surface area (Å²) in [6.07, 6.45) is 0.680. The highest BCUT2D eigenvalue weighted by Crippen LogP contribution is 2.08. The summed E-state index contributed by atoms with van der Waals surface area (Å²) in [5, 5.41) is 12.0. The van der Waals surface area contributed by atoms with Gasteiger partial charge in [-0.2, -0.15) is 0 Å². The van der Waals surface area contributed by atoms with Crippen LogP contribution in [0.5, 0.6) is 0 Å². The lowest BCUT2D eigenvalue weighted by Crippen LogP contribution is -2.51. The second-order valence-corrected chi connectivity index (χ2v) is 4.87. The van der Waals surface area contributed by atoms with E-state index in [0.717, 1.165) is 26.2 Å². The van der Waals surface area contributed by atoms with Gasteiger partial charge in [0.25, 0.3) is 0 Å². The van der Waals surface area contributed by atoms with Crippen molar-refractivity contribution in [3.05, 3.63) is 0 Å². The maximum Gasteiger partial charge on any atom is 0.320 e. The van der Waals surface area contributed by atoms with Crippen molar-refractivity contribution in [2.24, 2.45) is 0 Å². The van der Waals surface area contributed by atoms with Crippen molar-refractivity contribution in [1.82, 2.24) is 15.1 Å². The summed E-state index contributed by atoms with van der Waals surface area (Å²) in [6, 6.07) is 0.154. The first-order valence-electron chi connectivity index (χ1n) is 6.43. The van der Waals surface area contributed by atoms with Gasteiger partial charge in [-0.1, -0.05) is 6.92 Å². The molecule has 0 aromatic heterocycles. The van der Waals surface area contributed by atoms with Crippen LogP contribution in [0.15, 0.2) is 0 Å². The van der Waals surface area contributed by atoms with Crippen LogP contribution in [0.4, 0.5) is 0 Å². The van der Waals surface area contributed by atoms with Gasteiger partial charge in [0.05, 0.1) is 0 Å². The fraction of sp³-hybridized carbons (Fsp3) is 0.917. The third-order valence-corrected chi connectivity index (χ3v) is 3.53. The minimum atomic E-state index is -0.742. The van der Waals surface area contributed by atoms with E-state index in [1.807, 2.05) is 6.92 Å². The van der Waals surface area contributed by atoms with E-state index in [1.54, 1.807) is 0 Å². The number of nitrogens with zero attached hydrogens (tertiary/aromatic N) is 2. The first-order valence-corrected chi connectivity index (χ1v) is 6.43. The van der Waals surface area contributed by atoms with Gasteiger partial charge in [0, 0.05) is 32.2 Å². The van der Waals surface area contributed by atoms with E-state index >= 15 is 0 Å². The molecule has 1 aliphatic heterocycles. The molecule has 5 heteroatoms. The van der Waals surface area contributed by atoms with Gasteiger partial charge in [0.15, 0.2) is 0 Å². The Balaban J connectivity index is 2.31. The summed E-state index contributed by atoms with van der Waals surface area (Å²) < 4.78 is 0. The van der Waals surface area contributed by atoms with Crippen molar-refractivity contribution >= 4 is 5.97 Å². The van der Waals surface area contributed by atoms with Crippen LogP contribution in [-0.4, -0.2) is 72.7 Å². The molecule has 0 spiro atoms. The van der Waals surface area contributed by atoms with Gasteiger partial charge in [-0.3, -0.25) is 4.79 Å². The van der Waals surface area contributed by atoms with E-state index in [1.165, 1.54) is 0 Å². The average molecular weight is 243 g/mol. The number of piperazine rings is 1. The maximum absolute atomic E-state index is 11.0. The Hall–Kier alpha value is -0.650. The van der Waals surface area contributed by atoms with Crippen molar-refractivity contribution in [2.75, 3.05) is 39.8 Å². The fourth-order valence-corrected chi connectivity index (χ4v) is 2.20. The summed E-state index contributed by atoms with van der Waals surface area (Å²) in [7, 11) is 2.14. The normalized spacial score (nSPS) is 24.8. The molecule has 17 heavy (non-hydrogen) atoms. The van der Waals surface area contributed by atoms with Crippen LogP contribution in [0.3, 0.4) is 0 Å². The van der Waals surface area contributed by atoms with Gasteiger partial charge < -0.3 is 20.2 Å². The molecule has 0 radical (unpaired) electrons. The Labute approximate surface area is 104 Å². The summed E-state index contributed by atoms with van der Waals surface area (Å²) in [5.74, 6) is -0.742. The highest BCUT2D eigenvalue weighted by atomic mass is 16.4. The molecule has 0 aromatic carbocycles. The van der Waals surface area contributed by atoms with Crippen molar-refractivity contribution in [3.8, 4) is 0 Å². The molecule has 0 amide bonds. The molecule has 2 unspecified atom stereocenters. The molecule has 1 heterocycles. The van der Waals surface area contributed by atoms with E-state index in [2.05, 4.69) is 29.1 Å². The topological polar surface area (TPSA) is 55.8 Å². The molecule has 2 N–H and O–H groups in total. The average Bonchev–Trinajstić information content (AvgIpc) is 2.28. The molecule has 5 nitrogen and oxygen atoms in total. The zero-order valence-corrected chi connectivity index (χ0v) is 11.1. The summed E-state index contributed by atoms with van der Waals surface area (Å²) in [4.78, 5) is 15.7. The predicted octanol–water partition coefficient (Wildman–Crippen LogP) is 0.0751. The summed E-state index contributed by atoms with van der Waals surface area (Å²) >= 11 is 0. The number of nitrogens with one attached hydrogen (secondary N) is 1. The van der Waals surface area contributed by atoms with E-state index in [4.69, 9.17) is 5.11 Å². The maximum atomic E-state index is 11.0. The number of rotatable bonds is 6. The van der Waals surface area contributed by atoms with Gasteiger partial charge in [0.2, 0.25) is 0 Å². The van der Waals surface area contributed by atoms with Crippen molar-refractivity contribution < 1.29 is 9.90 Å². The minimum Gasteiger partial charge on any atom is -0.480 e. The molecule has 2 atom stereocenters. The number of hydrogen-bond donors (Lipinski definition) is 2. The number of likely N-dealkylation sites (N-methyl/N-ethyl adjacent to an activating group) is 2. The Morgan fingerprint density at radius 2 is 2.24 bits per heavy atom. The van der Waals surface area contributed by atoms with Gasteiger partial charge in [-0.25, -0.2) is 0 Å². The second kappa shape index (κ2) is 6.93. The smallest absolute Gasteiger partial charge is 0.320 e. The van der Waals surface area contributed by atoms with Gasteiger partial charge in [0.1, 0.15) is 6.04 Å². The standard InChI is InChI=1S/C12H25N3O2/c1-4-13-11(12(16)17)5-6-15-8-7-14(3)10(2)9-15/h10-11,13H,4-9H2,1-3H3,(H,16,17). The van der Waals surface area contributed by atoms with Crippen LogP contribution < -0.4 is 5.32 Å². The highest BCUT2D eigenvalue weighted by Gasteiger charge is 2.22. The molecule has 0 aromatic rings. The lowest BCUT2D eigenvalue weighted by molar-refractivity contribution is -0.139. The minimum absolute atomic E-state index is 0.407. The Morgan fingerprint density at radius 1 is 1.53 bits per heavy atom. The lowest BCUT2D eigenvalue weighted by Gasteiger charge is -2.38. The van der Waals surface area contributed by atoms with Gasteiger partial charge in [-0.05, 0) is 26.9 Å². The molecule has 1 aliphatic rings. The van der Waals surface area contributed by atoms with Crippen LogP contribution in [0.25, 0.3) is 0 Å². The molecule has 0 aliphatic carbocycles. The van der Waals surface area contributed by atoms with E-state index in [0.29, 0.717) is 19.0 Å². The molecule has 100 valence electrons. The van der Waals surface area contributed by atoms with Crippen LogP contribution >= 0.6 is 0 Å². The fourth-order valence-electron chi connectivity index (χ4n) is 2.20. The highest BCUT2D eigenvalue weighted by molar-refractivity contribution is 5.73. The number of hydrogen-bond acceptors (Lipinski definition) is 4. The van der Waals surface area contributed by atoms with E-state index in [9.17, 15) is 4.79 Å². The van der Waals surface area contributed by atoms with Crippen LogP contribution in [0.2, 0.25) is 0 Å². The SMILES string of the molecule is CCNC(CCN1CCN(C)C(C)C1)C(=O)O.